The number of para-hydroxylation sites is 1. The van der Waals surface area contributed by atoms with E-state index in [0.717, 1.165) is 4.31 Å². The maximum absolute atomic E-state index is 11.8. The van der Waals surface area contributed by atoms with Crippen LogP contribution in [0.5, 0.6) is 0 Å². The Morgan fingerprint density at radius 3 is 2.41 bits per heavy atom. The zero-order chi connectivity index (χ0) is 12.9. The number of rotatable bonds is 6. The standard InChI is InChI=1S/C10H14N2O4S/c1-2-11-17(15,16)12(8-10(13)14)9-6-4-3-5-7-9/h3-7,11H,2,8H2,1H3,(H,13,14). The first-order chi connectivity index (χ1) is 7.97. The molecule has 1 rings (SSSR count). The molecule has 0 spiro atoms. The number of nitrogens with zero attached hydrogens (tertiary/aromatic N) is 1. The normalized spacial score (nSPS) is 11.1. The fourth-order valence-corrected chi connectivity index (χ4v) is 2.49. The second-order valence-corrected chi connectivity index (χ2v) is 4.92. The zero-order valence-corrected chi connectivity index (χ0v) is 10.1. The Morgan fingerprint density at radius 1 is 1.35 bits per heavy atom. The van der Waals surface area contributed by atoms with Crippen LogP contribution in [-0.4, -0.2) is 32.6 Å². The molecule has 0 heterocycles. The van der Waals surface area contributed by atoms with Gasteiger partial charge in [-0.1, -0.05) is 25.1 Å². The van der Waals surface area contributed by atoms with Crippen LogP contribution in [-0.2, 0) is 15.0 Å². The van der Waals surface area contributed by atoms with Gasteiger partial charge in [-0.05, 0) is 12.1 Å². The molecule has 0 aliphatic rings. The summed E-state index contributed by atoms with van der Waals surface area (Å²) in [5.74, 6) is -1.21. The van der Waals surface area contributed by atoms with Gasteiger partial charge < -0.3 is 5.11 Å². The molecule has 0 saturated heterocycles. The SMILES string of the molecule is CCNS(=O)(=O)N(CC(=O)O)c1ccccc1. The third kappa shape index (κ3) is 3.72. The van der Waals surface area contributed by atoms with E-state index in [-0.39, 0.29) is 6.54 Å². The molecule has 1 aromatic carbocycles. The lowest BCUT2D eigenvalue weighted by Crippen LogP contribution is -2.43. The summed E-state index contributed by atoms with van der Waals surface area (Å²) in [5.41, 5.74) is 0.316. The second-order valence-electron chi connectivity index (χ2n) is 3.24. The van der Waals surface area contributed by atoms with Crippen molar-refractivity contribution in [3.05, 3.63) is 30.3 Å². The third-order valence-corrected chi connectivity index (χ3v) is 3.51. The van der Waals surface area contributed by atoms with E-state index in [2.05, 4.69) is 4.72 Å². The summed E-state index contributed by atoms with van der Waals surface area (Å²) in [5, 5.41) is 8.74. The van der Waals surface area contributed by atoms with Crippen molar-refractivity contribution in [3.63, 3.8) is 0 Å². The van der Waals surface area contributed by atoms with Crippen molar-refractivity contribution in [2.45, 2.75) is 6.92 Å². The van der Waals surface area contributed by atoms with Gasteiger partial charge in [-0.15, -0.1) is 0 Å². The van der Waals surface area contributed by atoms with Crippen LogP contribution in [0.1, 0.15) is 6.92 Å². The molecule has 0 aromatic heterocycles. The molecule has 2 N–H and O–H groups in total. The highest BCUT2D eigenvalue weighted by Crippen LogP contribution is 2.15. The van der Waals surface area contributed by atoms with Crippen molar-refractivity contribution in [2.75, 3.05) is 17.4 Å². The van der Waals surface area contributed by atoms with Gasteiger partial charge in [-0.2, -0.15) is 13.1 Å². The van der Waals surface area contributed by atoms with E-state index in [1.165, 1.54) is 12.1 Å². The summed E-state index contributed by atoms with van der Waals surface area (Å²) >= 11 is 0. The van der Waals surface area contributed by atoms with Crippen molar-refractivity contribution in [3.8, 4) is 0 Å². The Bertz CT molecular complexity index is 472. The molecule has 17 heavy (non-hydrogen) atoms. The number of hydrogen-bond acceptors (Lipinski definition) is 3. The average molecular weight is 258 g/mol. The van der Waals surface area contributed by atoms with Gasteiger partial charge in [0.1, 0.15) is 6.54 Å². The number of hydrogen-bond donors (Lipinski definition) is 2. The van der Waals surface area contributed by atoms with E-state index in [4.69, 9.17) is 5.11 Å². The lowest BCUT2D eigenvalue weighted by molar-refractivity contribution is -0.135. The lowest BCUT2D eigenvalue weighted by Gasteiger charge is -2.22. The van der Waals surface area contributed by atoms with Crippen LogP contribution in [0.15, 0.2) is 30.3 Å². The number of carbonyl (C=O) groups is 1. The minimum absolute atomic E-state index is 0.200. The molecule has 7 heteroatoms. The first kappa shape index (κ1) is 13.5. The quantitative estimate of drug-likeness (QED) is 0.774. The van der Waals surface area contributed by atoms with Crippen LogP contribution in [0.2, 0.25) is 0 Å². The molecule has 0 aliphatic carbocycles. The average Bonchev–Trinajstić information content (AvgIpc) is 2.26. The monoisotopic (exact) mass is 258 g/mol. The minimum Gasteiger partial charge on any atom is -0.480 e. The van der Waals surface area contributed by atoms with Gasteiger partial charge in [0.15, 0.2) is 0 Å². The van der Waals surface area contributed by atoms with Crippen LogP contribution in [0, 0.1) is 0 Å². The first-order valence-electron chi connectivity index (χ1n) is 5.01. The first-order valence-corrected chi connectivity index (χ1v) is 6.45. The van der Waals surface area contributed by atoms with Crippen LogP contribution in [0.25, 0.3) is 0 Å². The molecule has 0 amide bonds. The Hall–Kier alpha value is -1.60. The van der Waals surface area contributed by atoms with Gasteiger partial charge in [0.05, 0.1) is 5.69 Å². The molecule has 0 radical (unpaired) electrons. The predicted octanol–water partition coefficient (Wildman–Crippen LogP) is 0.432. The zero-order valence-electron chi connectivity index (χ0n) is 9.33. The number of anilines is 1. The Labute approximate surface area is 100 Å². The summed E-state index contributed by atoms with van der Waals surface area (Å²) in [7, 11) is -3.82. The largest absolute Gasteiger partial charge is 0.480 e. The van der Waals surface area contributed by atoms with E-state index in [1.807, 2.05) is 0 Å². The lowest BCUT2D eigenvalue weighted by atomic mass is 10.3. The topological polar surface area (TPSA) is 86.7 Å². The van der Waals surface area contributed by atoms with Crippen molar-refractivity contribution < 1.29 is 18.3 Å². The molecule has 0 atom stereocenters. The highest BCUT2D eigenvalue weighted by molar-refractivity contribution is 7.90. The summed E-state index contributed by atoms with van der Waals surface area (Å²) in [6, 6.07) is 8.09. The van der Waals surface area contributed by atoms with Crippen LogP contribution in [0.4, 0.5) is 5.69 Å². The van der Waals surface area contributed by atoms with Crippen molar-refractivity contribution in [2.24, 2.45) is 0 Å². The number of carboxylic acid groups (broad SMARTS) is 1. The van der Waals surface area contributed by atoms with Gasteiger partial charge in [0, 0.05) is 6.54 Å². The van der Waals surface area contributed by atoms with Crippen LogP contribution >= 0.6 is 0 Å². The fraction of sp³-hybridized carbons (Fsp3) is 0.300. The minimum atomic E-state index is -3.82. The molecule has 0 bridgehead atoms. The number of aliphatic carboxylic acids is 1. The van der Waals surface area contributed by atoms with Gasteiger partial charge in [-0.25, -0.2) is 4.31 Å². The molecular formula is C10H14N2O4S. The molecular weight excluding hydrogens is 244 g/mol. The van der Waals surface area contributed by atoms with E-state index in [0.29, 0.717) is 5.69 Å². The summed E-state index contributed by atoms with van der Waals surface area (Å²) in [6.45, 7) is 1.21. The molecule has 0 aliphatic heterocycles. The molecule has 0 unspecified atom stereocenters. The number of nitrogens with one attached hydrogen (secondary N) is 1. The number of benzene rings is 1. The van der Waals surface area contributed by atoms with Gasteiger partial charge in [0.25, 0.3) is 0 Å². The predicted molar refractivity (Wildman–Crippen MR) is 64.0 cm³/mol. The molecule has 6 nitrogen and oxygen atoms in total. The highest BCUT2D eigenvalue weighted by atomic mass is 32.2. The van der Waals surface area contributed by atoms with Crippen LogP contribution in [0.3, 0.4) is 0 Å². The third-order valence-electron chi connectivity index (χ3n) is 1.94. The molecule has 0 saturated carbocycles. The second kappa shape index (κ2) is 5.65. The summed E-state index contributed by atoms with van der Waals surface area (Å²) in [4.78, 5) is 10.7. The van der Waals surface area contributed by atoms with E-state index in [9.17, 15) is 13.2 Å². The van der Waals surface area contributed by atoms with Gasteiger partial charge >= 0.3 is 16.2 Å². The maximum atomic E-state index is 11.8. The van der Waals surface area contributed by atoms with Crippen molar-refractivity contribution >= 4 is 21.9 Å². The van der Waals surface area contributed by atoms with Crippen LogP contribution < -0.4 is 9.03 Å². The van der Waals surface area contributed by atoms with Crippen molar-refractivity contribution in [1.82, 2.24) is 4.72 Å². The maximum Gasteiger partial charge on any atom is 0.324 e. The molecule has 94 valence electrons. The van der Waals surface area contributed by atoms with Gasteiger partial charge in [-0.3, -0.25) is 4.79 Å². The Morgan fingerprint density at radius 2 is 1.94 bits per heavy atom. The Kier molecular flexibility index (Phi) is 4.47. The molecule has 0 fully saturated rings. The number of carboxylic acids is 1. The Balaban J connectivity index is 3.09. The van der Waals surface area contributed by atoms with Crippen molar-refractivity contribution in [1.29, 1.82) is 0 Å². The van der Waals surface area contributed by atoms with E-state index < -0.39 is 22.7 Å². The highest BCUT2D eigenvalue weighted by Gasteiger charge is 2.23. The molecule has 1 aromatic rings. The summed E-state index contributed by atoms with van der Waals surface area (Å²) in [6.07, 6.45) is 0. The smallest absolute Gasteiger partial charge is 0.324 e. The summed E-state index contributed by atoms with van der Waals surface area (Å²) < 4.78 is 26.7. The van der Waals surface area contributed by atoms with E-state index >= 15 is 0 Å². The fourth-order valence-electron chi connectivity index (χ4n) is 1.29. The van der Waals surface area contributed by atoms with Gasteiger partial charge in [0.2, 0.25) is 0 Å². The van der Waals surface area contributed by atoms with E-state index in [1.54, 1.807) is 25.1 Å².